The number of hydrogen-bond acceptors (Lipinski definition) is 15. The van der Waals surface area contributed by atoms with Gasteiger partial charge in [-0.15, -0.1) is 0 Å². The Balaban J connectivity index is 0.758. The lowest BCUT2D eigenvalue weighted by Crippen LogP contribution is -2.60. The number of fused-ring (bicyclic) bond motifs is 10. The molecule has 8 aliphatic rings. The molecule has 12 atom stereocenters. The molecular weight excluding hydrogens is 841 g/mol. The molecule has 0 saturated heterocycles. The first-order chi connectivity index (χ1) is 30.5. The Morgan fingerprint density at radius 3 is 1.32 bits per heavy atom. The smallest absolute Gasteiger partial charge is 0.314 e. The highest BCUT2D eigenvalue weighted by Crippen LogP contribution is 2.68. The van der Waals surface area contributed by atoms with Crippen LogP contribution in [-0.4, -0.2) is 93.2 Å². The number of ketones is 6. The van der Waals surface area contributed by atoms with Crippen molar-refractivity contribution in [2.24, 2.45) is 57.2 Å². The van der Waals surface area contributed by atoms with E-state index < -0.39 is 107 Å². The Bertz CT molecular complexity index is 2160. The van der Waals surface area contributed by atoms with Gasteiger partial charge in [0.25, 0.3) is 0 Å². The molecule has 5 unspecified atom stereocenters. The number of rotatable bonds is 12. The molecule has 0 amide bonds. The van der Waals surface area contributed by atoms with Gasteiger partial charge in [0.1, 0.15) is 22.8 Å². The third-order valence-electron chi connectivity index (χ3n) is 17.8. The van der Waals surface area contributed by atoms with Crippen molar-refractivity contribution in [2.75, 3.05) is 13.2 Å². The first-order valence-electron chi connectivity index (χ1n) is 23.0. The van der Waals surface area contributed by atoms with Crippen LogP contribution < -0.4 is 0 Å². The van der Waals surface area contributed by atoms with Gasteiger partial charge in [0.2, 0.25) is 11.6 Å². The fourth-order valence-corrected chi connectivity index (χ4v) is 14.3. The van der Waals surface area contributed by atoms with Gasteiger partial charge in [0, 0.05) is 46.3 Å². The van der Waals surface area contributed by atoms with Crippen LogP contribution in [0.25, 0.3) is 0 Å². The van der Waals surface area contributed by atoms with Crippen molar-refractivity contribution in [3.63, 3.8) is 0 Å². The van der Waals surface area contributed by atoms with Crippen LogP contribution in [0.5, 0.6) is 0 Å². The summed E-state index contributed by atoms with van der Waals surface area (Å²) in [4.78, 5) is 129. The molecule has 0 radical (unpaired) electrons. The van der Waals surface area contributed by atoms with Crippen molar-refractivity contribution in [1.29, 1.82) is 0 Å². The summed E-state index contributed by atoms with van der Waals surface area (Å²) in [6, 6.07) is 0. The molecule has 8 rings (SSSR count). The van der Waals surface area contributed by atoms with Crippen molar-refractivity contribution in [3.8, 4) is 0 Å². The lowest BCUT2D eigenvalue weighted by atomic mass is 9.46. The summed E-state index contributed by atoms with van der Waals surface area (Å²) in [5.41, 5.74) is -5.42. The number of aliphatic hydroxyl groups is 2. The SMILES string of the molecule is C[C@]12C=CC(=O)C=C1CCC1C2C(=O)C[C@@]2(C)C1CC[C@]2(O)C(=O)COC(=O)CCC(=O)OC(=O)CCC(=O)OCC(=O)[C@]1(O)CCC2[C@H]3CCC4=CC(=O)C=C[C@@]4(C)C3C(=O)C[C@]21C. The van der Waals surface area contributed by atoms with Crippen LogP contribution in [0, 0.1) is 57.2 Å². The van der Waals surface area contributed by atoms with Gasteiger partial charge in [-0.05, 0) is 99.3 Å². The third-order valence-corrected chi connectivity index (χ3v) is 17.8. The Morgan fingerprint density at radius 2 is 0.938 bits per heavy atom. The quantitative estimate of drug-likeness (QED) is 0.158. The molecule has 8 aliphatic carbocycles. The van der Waals surface area contributed by atoms with E-state index >= 15 is 0 Å². The van der Waals surface area contributed by atoms with Gasteiger partial charge >= 0.3 is 23.9 Å². The van der Waals surface area contributed by atoms with Crippen LogP contribution in [0.4, 0.5) is 0 Å². The minimum atomic E-state index is -1.93. The van der Waals surface area contributed by atoms with Crippen molar-refractivity contribution in [2.45, 2.75) is 129 Å². The highest BCUT2D eigenvalue weighted by Gasteiger charge is 2.70. The summed E-state index contributed by atoms with van der Waals surface area (Å²) >= 11 is 0. The summed E-state index contributed by atoms with van der Waals surface area (Å²) < 4.78 is 15.0. The molecule has 0 aromatic heterocycles. The molecule has 0 aliphatic heterocycles. The predicted molar refractivity (Wildman–Crippen MR) is 225 cm³/mol. The third kappa shape index (κ3) is 7.39. The van der Waals surface area contributed by atoms with Crippen LogP contribution in [0.2, 0.25) is 0 Å². The summed E-state index contributed by atoms with van der Waals surface area (Å²) in [6.45, 7) is 5.85. The maximum absolute atomic E-state index is 13.9. The van der Waals surface area contributed by atoms with Gasteiger partial charge in [-0.2, -0.15) is 0 Å². The molecule has 348 valence electrons. The Kier molecular flexibility index (Phi) is 11.7. The molecule has 0 aromatic rings. The van der Waals surface area contributed by atoms with E-state index in [4.69, 9.17) is 14.2 Å². The number of hydrogen-bond donors (Lipinski definition) is 2. The van der Waals surface area contributed by atoms with Crippen molar-refractivity contribution in [1.82, 2.24) is 0 Å². The number of allylic oxidation sites excluding steroid dienone is 8. The fourth-order valence-electron chi connectivity index (χ4n) is 14.3. The van der Waals surface area contributed by atoms with Crippen LogP contribution in [0.15, 0.2) is 47.6 Å². The van der Waals surface area contributed by atoms with Gasteiger partial charge in [0.05, 0.1) is 25.7 Å². The van der Waals surface area contributed by atoms with E-state index in [9.17, 15) is 58.2 Å². The van der Waals surface area contributed by atoms with E-state index in [1.165, 1.54) is 12.2 Å². The Hall–Kier alpha value is -5.02. The van der Waals surface area contributed by atoms with Crippen LogP contribution in [0.3, 0.4) is 0 Å². The average Bonchev–Trinajstić information content (AvgIpc) is 3.68. The number of ether oxygens (including phenoxy) is 3. The zero-order chi connectivity index (χ0) is 47.1. The maximum atomic E-state index is 13.9. The number of carbonyl (C=O) groups excluding carboxylic acids is 10. The van der Waals surface area contributed by atoms with E-state index in [2.05, 4.69) is 0 Å². The summed E-state index contributed by atoms with van der Waals surface area (Å²) in [5.74, 6) is -7.30. The molecule has 65 heavy (non-hydrogen) atoms. The minimum Gasteiger partial charge on any atom is -0.458 e. The monoisotopic (exact) mass is 898 g/mol. The van der Waals surface area contributed by atoms with Gasteiger partial charge in [-0.25, -0.2) is 0 Å². The molecule has 6 saturated carbocycles. The second-order valence-corrected chi connectivity index (χ2v) is 20.9. The molecule has 15 heteroatoms. The summed E-state index contributed by atoms with van der Waals surface area (Å²) in [7, 11) is 0. The summed E-state index contributed by atoms with van der Waals surface area (Å²) in [5, 5.41) is 23.8. The van der Waals surface area contributed by atoms with E-state index in [0.717, 1.165) is 11.1 Å². The summed E-state index contributed by atoms with van der Waals surface area (Å²) in [6.07, 6.45) is 11.2. The lowest BCUT2D eigenvalue weighted by Gasteiger charge is -2.56. The highest BCUT2D eigenvalue weighted by atomic mass is 16.6. The zero-order valence-electron chi connectivity index (χ0n) is 37.4. The number of esters is 4. The molecule has 15 nitrogen and oxygen atoms in total. The first-order valence-corrected chi connectivity index (χ1v) is 23.0. The van der Waals surface area contributed by atoms with Gasteiger partial charge in [-0.3, -0.25) is 47.9 Å². The zero-order valence-corrected chi connectivity index (χ0v) is 37.4. The number of carbonyl (C=O) groups is 10. The van der Waals surface area contributed by atoms with Gasteiger partial charge < -0.3 is 24.4 Å². The Morgan fingerprint density at radius 1 is 0.569 bits per heavy atom. The Labute approximate surface area is 376 Å². The van der Waals surface area contributed by atoms with Gasteiger partial charge in [0.15, 0.2) is 24.8 Å². The first kappa shape index (κ1) is 46.5. The van der Waals surface area contributed by atoms with Crippen molar-refractivity contribution >= 4 is 58.6 Å². The van der Waals surface area contributed by atoms with Crippen LogP contribution in [0.1, 0.15) is 118 Å². The molecule has 2 N–H and O–H groups in total. The largest absolute Gasteiger partial charge is 0.458 e. The normalized spacial score (nSPS) is 39.9. The molecule has 0 spiro atoms. The van der Waals surface area contributed by atoms with Gasteiger partial charge in [-0.1, -0.05) is 51.0 Å². The second kappa shape index (κ2) is 16.4. The van der Waals surface area contributed by atoms with Crippen molar-refractivity contribution < 1.29 is 72.4 Å². The maximum Gasteiger partial charge on any atom is 0.314 e. The van der Waals surface area contributed by atoms with Crippen LogP contribution in [-0.2, 0) is 62.2 Å². The lowest BCUT2D eigenvalue weighted by molar-refractivity contribution is -0.172. The molecule has 0 bridgehead atoms. The van der Waals surface area contributed by atoms with Crippen molar-refractivity contribution in [3.05, 3.63) is 47.6 Å². The van der Waals surface area contributed by atoms with E-state index in [1.807, 2.05) is 26.0 Å². The molecule has 6 fully saturated rings. The topological polar surface area (TPSA) is 239 Å². The van der Waals surface area contributed by atoms with E-state index in [0.29, 0.717) is 38.5 Å². The average molecular weight is 899 g/mol. The van der Waals surface area contributed by atoms with E-state index in [-0.39, 0.29) is 84.3 Å². The fraction of sp³-hybridized carbons (Fsp3) is 0.640. The minimum absolute atomic E-state index is 0.0494. The molecular formula is C50H58O15. The number of Topliss-reactive ketones (excluding diaryl/α,β-unsaturated/α-hetero) is 4. The molecule has 0 heterocycles. The van der Waals surface area contributed by atoms with E-state index in [1.54, 1.807) is 26.0 Å². The molecule has 0 aromatic carbocycles. The predicted octanol–water partition coefficient (Wildman–Crippen LogP) is 4.28. The highest BCUT2D eigenvalue weighted by molar-refractivity contribution is 6.03. The second-order valence-electron chi connectivity index (χ2n) is 20.9. The standard InChI is InChI=1S/C50H58O15/c1-45-17-13-29(51)21-27(45)5-7-31-33-15-19-49(61,47(33,3)23-35(53)43(31)45)37(55)25-63-39(57)9-11-41(59)65-42(60)12-10-40(58)64-26-38(56)50(62)20-16-34-32-8-6-28-22-30(52)14-18-46(28,2)44(32)36(54)24-48(34,50)4/h13-14,17-18,21-22,31-34,43-44,61-62H,5-12,15-16,19-20,23-26H2,1-4H3/t31-,32?,33?,34?,43?,44?,45-,46+,47-,48+,49-,50+/m1/s1. The van der Waals surface area contributed by atoms with Crippen LogP contribution >= 0.6 is 0 Å².